The molecule has 4 N–H and O–H groups in total. The minimum atomic E-state index is -0.127. The van der Waals surface area contributed by atoms with Crippen molar-refractivity contribution < 1.29 is 10.2 Å². The first kappa shape index (κ1) is 7.73. The van der Waals surface area contributed by atoms with Crippen LogP contribution < -0.4 is 5.73 Å². The number of nitrogen functional groups attached to an aromatic ring is 1. The largest absolute Gasteiger partial charge is 0.504 e. The molecule has 0 radical (unpaired) electrons. The Morgan fingerprint density at radius 3 is 2.46 bits per heavy atom. The molecule has 2 aromatic rings. The van der Waals surface area contributed by atoms with Gasteiger partial charge in [0.05, 0.1) is 0 Å². The number of nitrogens with two attached hydrogens (primary N) is 1. The van der Waals surface area contributed by atoms with E-state index in [4.69, 9.17) is 5.73 Å². The monoisotopic (exact) mass is 175 g/mol. The Kier molecular flexibility index (Phi) is 1.52. The average Bonchev–Trinajstić information content (AvgIpc) is 2.12. The number of anilines is 1. The summed E-state index contributed by atoms with van der Waals surface area (Å²) < 4.78 is 0. The zero-order chi connectivity index (χ0) is 9.42. The van der Waals surface area contributed by atoms with Gasteiger partial charge in [-0.25, -0.2) is 0 Å². The summed E-state index contributed by atoms with van der Waals surface area (Å²) >= 11 is 0. The fourth-order valence-electron chi connectivity index (χ4n) is 1.31. The Morgan fingerprint density at radius 2 is 1.69 bits per heavy atom. The molecule has 0 aliphatic carbocycles. The van der Waals surface area contributed by atoms with Crippen LogP contribution in [-0.4, -0.2) is 10.2 Å². The molecular weight excluding hydrogens is 166 g/mol. The predicted octanol–water partition coefficient (Wildman–Crippen LogP) is 1.83. The number of phenolic OH excluding ortho intramolecular Hbond substituents is 2. The molecule has 3 nitrogen and oxygen atoms in total. The Bertz CT molecular complexity index is 460. The third-order valence-electron chi connectivity index (χ3n) is 2.00. The summed E-state index contributed by atoms with van der Waals surface area (Å²) in [4.78, 5) is 0. The van der Waals surface area contributed by atoms with Gasteiger partial charge < -0.3 is 15.9 Å². The molecule has 0 spiro atoms. The summed E-state index contributed by atoms with van der Waals surface area (Å²) in [5.41, 5.74) is 6.11. The van der Waals surface area contributed by atoms with Gasteiger partial charge in [0.1, 0.15) is 0 Å². The second-order valence-electron chi connectivity index (χ2n) is 2.91. The number of rotatable bonds is 0. The molecule has 0 atom stereocenters. The zero-order valence-electron chi connectivity index (χ0n) is 6.86. The highest BCUT2D eigenvalue weighted by Gasteiger charge is 2.04. The normalized spacial score (nSPS) is 10.5. The van der Waals surface area contributed by atoms with Crippen LogP contribution in [0.1, 0.15) is 0 Å². The highest BCUT2D eigenvalue weighted by Crippen LogP contribution is 2.34. The van der Waals surface area contributed by atoms with Crippen molar-refractivity contribution in [2.75, 3.05) is 5.73 Å². The van der Waals surface area contributed by atoms with Crippen LogP contribution in [-0.2, 0) is 0 Å². The van der Waals surface area contributed by atoms with Gasteiger partial charge in [0.25, 0.3) is 0 Å². The summed E-state index contributed by atoms with van der Waals surface area (Å²) in [6, 6.07) is 8.35. The van der Waals surface area contributed by atoms with Crippen LogP contribution in [0.3, 0.4) is 0 Å². The van der Waals surface area contributed by atoms with E-state index in [0.717, 1.165) is 5.39 Å². The highest BCUT2D eigenvalue weighted by atomic mass is 16.3. The van der Waals surface area contributed by atoms with E-state index in [-0.39, 0.29) is 11.5 Å². The van der Waals surface area contributed by atoms with Gasteiger partial charge in [-0.2, -0.15) is 0 Å². The van der Waals surface area contributed by atoms with Gasteiger partial charge in [0, 0.05) is 11.1 Å². The lowest BCUT2D eigenvalue weighted by Crippen LogP contribution is -1.83. The quantitative estimate of drug-likeness (QED) is 0.422. The van der Waals surface area contributed by atoms with Crippen LogP contribution >= 0.6 is 0 Å². The summed E-state index contributed by atoms with van der Waals surface area (Å²) in [6.07, 6.45) is 0. The Labute approximate surface area is 75.0 Å². The number of phenols is 2. The molecule has 0 saturated heterocycles. The molecule has 0 amide bonds. The smallest absolute Gasteiger partial charge is 0.165 e. The Balaban J connectivity index is 2.89. The highest BCUT2D eigenvalue weighted by molar-refractivity contribution is 5.92. The molecule has 2 rings (SSSR count). The van der Waals surface area contributed by atoms with Crippen molar-refractivity contribution in [2.45, 2.75) is 0 Å². The summed E-state index contributed by atoms with van der Waals surface area (Å²) in [5.74, 6) is -0.247. The Hall–Kier alpha value is -1.90. The van der Waals surface area contributed by atoms with E-state index in [1.54, 1.807) is 24.3 Å². The number of aromatic hydroxyl groups is 2. The maximum Gasteiger partial charge on any atom is 0.165 e. The van der Waals surface area contributed by atoms with Gasteiger partial charge in [-0.15, -0.1) is 0 Å². The first-order chi connectivity index (χ1) is 6.18. The second-order valence-corrected chi connectivity index (χ2v) is 2.91. The average molecular weight is 175 g/mol. The van der Waals surface area contributed by atoms with Crippen molar-refractivity contribution in [1.82, 2.24) is 0 Å². The van der Waals surface area contributed by atoms with E-state index in [9.17, 15) is 10.2 Å². The van der Waals surface area contributed by atoms with Gasteiger partial charge >= 0.3 is 0 Å². The molecule has 3 heteroatoms. The van der Waals surface area contributed by atoms with Crippen molar-refractivity contribution >= 4 is 16.5 Å². The summed E-state index contributed by atoms with van der Waals surface area (Å²) in [7, 11) is 0. The zero-order valence-corrected chi connectivity index (χ0v) is 6.86. The Morgan fingerprint density at radius 1 is 1.00 bits per heavy atom. The third kappa shape index (κ3) is 1.14. The van der Waals surface area contributed by atoms with Gasteiger partial charge in [-0.3, -0.25) is 0 Å². The lowest BCUT2D eigenvalue weighted by atomic mass is 10.1. The molecule has 2 aromatic carbocycles. The predicted molar refractivity (Wildman–Crippen MR) is 51.7 cm³/mol. The fraction of sp³-hybridized carbons (Fsp3) is 0. The van der Waals surface area contributed by atoms with Crippen molar-refractivity contribution in [3.8, 4) is 11.5 Å². The molecule has 0 aromatic heterocycles. The van der Waals surface area contributed by atoms with E-state index in [0.29, 0.717) is 11.1 Å². The van der Waals surface area contributed by atoms with E-state index in [1.165, 1.54) is 6.07 Å². The third-order valence-corrected chi connectivity index (χ3v) is 2.00. The number of fused-ring (bicyclic) bond motifs is 1. The topological polar surface area (TPSA) is 66.5 Å². The van der Waals surface area contributed by atoms with Crippen molar-refractivity contribution in [3.05, 3.63) is 30.3 Å². The molecule has 0 unspecified atom stereocenters. The number of hydrogen-bond acceptors (Lipinski definition) is 3. The van der Waals surface area contributed by atoms with E-state index in [1.807, 2.05) is 0 Å². The maximum absolute atomic E-state index is 9.48. The van der Waals surface area contributed by atoms with Gasteiger partial charge in [-0.05, 0) is 23.6 Å². The second kappa shape index (κ2) is 2.55. The summed E-state index contributed by atoms with van der Waals surface area (Å²) in [5, 5.41) is 20.1. The minimum Gasteiger partial charge on any atom is -0.504 e. The van der Waals surface area contributed by atoms with Crippen molar-refractivity contribution in [1.29, 1.82) is 0 Å². The molecule has 13 heavy (non-hydrogen) atoms. The first-order valence-corrected chi connectivity index (χ1v) is 3.88. The SMILES string of the molecule is Nc1ccc2ccc(O)c(O)c2c1. The van der Waals surface area contributed by atoms with Gasteiger partial charge in [0.15, 0.2) is 11.5 Å². The van der Waals surface area contributed by atoms with Gasteiger partial charge in [-0.1, -0.05) is 12.1 Å². The minimum absolute atomic E-state index is 0.121. The molecule has 0 aliphatic heterocycles. The van der Waals surface area contributed by atoms with E-state index >= 15 is 0 Å². The van der Waals surface area contributed by atoms with E-state index in [2.05, 4.69) is 0 Å². The number of benzene rings is 2. The maximum atomic E-state index is 9.48. The lowest BCUT2D eigenvalue weighted by Gasteiger charge is -2.03. The molecule has 0 bridgehead atoms. The lowest BCUT2D eigenvalue weighted by molar-refractivity contribution is 0.408. The van der Waals surface area contributed by atoms with Gasteiger partial charge in [0.2, 0.25) is 0 Å². The van der Waals surface area contributed by atoms with Crippen LogP contribution in [0.25, 0.3) is 10.8 Å². The molecule has 0 saturated carbocycles. The van der Waals surface area contributed by atoms with Crippen molar-refractivity contribution in [3.63, 3.8) is 0 Å². The van der Waals surface area contributed by atoms with Crippen LogP contribution in [0.4, 0.5) is 5.69 Å². The first-order valence-electron chi connectivity index (χ1n) is 3.88. The van der Waals surface area contributed by atoms with Crippen LogP contribution in [0.5, 0.6) is 11.5 Å². The van der Waals surface area contributed by atoms with E-state index < -0.39 is 0 Å². The molecular formula is C10H9NO2. The van der Waals surface area contributed by atoms with Crippen LogP contribution in [0.15, 0.2) is 30.3 Å². The fourth-order valence-corrected chi connectivity index (χ4v) is 1.31. The standard InChI is InChI=1S/C10H9NO2/c11-7-3-1-6-2-4-9(12)10(13)8(6)5-7/h1-5,12-13H,11H2. The molecule has 66 valence electrons. The summed E-state index contributed by atoms with van der Waals surface area (Å²) in [6.45, 7) is 0. The van der Waals surface area contributed by atoms with Crippen molar-refractivity contribution in [2.24, 2.45) is 0 Å². The van der Waals surface area contributed by atoms with Crippen LogP contribution in [0, 0.1) is 0 Å². The number of hydrogen-bond donors (Lipinski definition) is 3. The molecule has 0 fully saturated rings. The molecule has 0 aliphatic rings. The molecule has 0 heterocycles. The van der Waals surface area contributed by atoms with Crippen LogP contribution in [0.2, 0.25) is 0 Å².